The lowest BCUT2D eigenvalue weighted by Crippen LogP contribution is -2.53. The van der Waals surface area contributed by atoms with Crippen LogP contribution >= 0.6 is 0 Å². The Hall–Kier alpha value is -2.44. The first-order chi connectivity index (χ1) is 14.4. The van der Waals surface area contributed by atoms with Gasteiger partial charge in [0, 0.05) is 19.5 Å². The summed E-state index contributed by atoms with van der Waals surface area (Å²) >= 11 is 0. The average molecular weight is 420 g/mol. The number of amides is 3. The number of carbonyl (C=O) groups excluding carboxylic acids is 2. The third-order valence-electron chi connectivity index (χ3n) is 5.47. The Balaban J connectivity index is 2.46. The molecule has 168 valence electrons. The minimum absolute atomic E-state index is 0.0124. The van der Waals surface area contributed by atoms with Crippen molar-refractivity contribution in [3.63, 3.8) is 0 Å². The zero-order chi connectivity index (χ0) is 22.3. The van der Waals surface area contributed by atoms with E-state index in [0.29, 0.717) is 37.4 Å². The van der Waals surface area contributed by atoms with Gasteiger partial charge in [0.1, 0.15) is 0 Å². The van der Waals surface area contributed by atoms with Crippen molar-refractivity contribution in [2.75, 3.05) is 27.3 Å². The molecule has 1 aliphatic heterocycles. The number of methoxy groups -OCH3 is 2. The van der Waals surface area contributed by atoms with Crippen LogP contribution in [0.4, 0.5) is 4.79 Å². The van der Waals surface area contributed by atoms with Crippen molar-refractivity contribution in [1.82, 2.24) is 15.5 Å². The highest BCUT2D eigenvalue weighted by atomic mass is 16.5. The van der Waals surface area contributed by atoms with Crippen molar-refractivity contribution in [2.45, 2.75) is 65.5 Å². The number of ether oxygens (including phenoxy) is 2. The summed E-state index contributed by atoms with van der Waals surface area (Å²) < 4.78 is 11.0. The maximum Gasteiger partial charge on any atom is 0.317 e. The molecule has 2 rings (SSSR count). The fourth-order valence-electron chi connectivity index (χ4n) is 4.01. The third-order valence-corrected chi connectivity index (χ3v) is 5.47. The van der Waals surface area contributed by atoms with Crippen molar-refractivity contribution in [1.29, 1.82) is 0 Å². The summed E-state index contributed by atoms with van der Waals surface area (Å²) in [7, 11) is 3.23. The second-order valence-corrected chi connectivity index (χ2v) is 8.21. The first-order valence-corrected chi connectivity index (χ1v) is 10.9. The number of carbonyl (C=O) groups is 2. The SMILES string of the molecule is CCCNC(=O)N1CCc2cc(OC)c(OC)cc2[C@@H]1[C@@H](CC)NC(=O)CC(C)C. The predicted octanol–water partition coefficient (Wildman–Crippen LogP) is 3.66. The summed E-state index contributed by atoms with van der Waals surface area (Å²) in [4.78, 5) is 27.4. The predicted molar refractivity (Wildman–Crippen MR) is 118 cm³/mol. The molecule has 30 heavy (non-hydrogen) atoms. The van der Waals surface area contributed by atoms with Crippen LogP contribution in [0, 0.1) is 5.92 Å². The molecule has 0 aromatic heterocycles. The monoisotopic (exact) mass is 419 g/mol. The van der Waals surface area contributed by atoms with Crippen LogP contribution in [-0.2, 0) is 11.2 Å². The number of urea groups is 1. The maximum absolute atomic E-state index is 13.0. The fraction of sp³-hybridized carbons (Fsp3) is 0.652. The van der Waals surface area contributed by atoms with E-state index in [-0.39, 0.29) is 29.9 Å². The Kier molecular flexibility index (Phi) is 8.81. The number of hydrogen-bond donors (Lipinski definition) is 2. The summed E-state index contributed by atoms with van der Waals surface area (Å²) in [6, 6.07) is 3.38. The molecule has 2 N–H and O–H groups in total. The van der Waals surface area contributed by atoms with Crippen molar-refractivity contribution in [2.24, 2.45) is 5.92 Å². The van der Waals surface area contributed by atoms with Gasteiger partial charge in [-0.3, -0.25) is 4.79 Å². The van der Waals surface area contributed by atoms with Gasteiger partial charge < -0.3 is 25.0 Å². The second kappa shape index (κ2) is 11.1. The Morgan fingerprint density at radius 3 is 2.40 bits per heavy atom. The molecule has 0 aliphatic carbocycles. The Morgan fingerprint density at radius 2 is 1.83 bits per heavy atom. The highest BCUT2D eigenvalue weighted by molar-refractivity contribution is 5.78. The first-order valence-electron chi connectivity index (χ1n) is 10.9. The van der Waals surface area contributed by atoms with E-state index >= 15 is 0 Å². The first kappa shape index (κ1) is 23.8. The lowest BCUT2D eigenvalue weighted by Gasteiger charge is -2.42. The topological polar surface area (TPSA) is 79.9 Å². The molecular weight excluding hydrogens is 382 g/mol. The Morgan fingerprint density at radius 1 is 1.17 bits per heavy atom. The molecule has 0 radical (unpaired) electrons. The van der Waals surface area contributed by atoms with Gasteiger partial charge in [-0.25, -0.2) is 4.79 Å². The molecule has 0 spiro atoms. The Bertz CT molecular complexity index is 735. The molecule has 1 heterocycles. The van der Waals surface area contributed by atoms with E-state index in [2.05, 4.69) is 10.6 Å². The highest BCUT2D eigenvalue weighted by Gasteiger charge is 2.37. The lowest BCUT2D eigenvalue weighted by molar-refractivity contribution is -0.123. The molecule has 7 nitrogen and oxygen atoms in total. The minimum Gasteiger partial charge on any atom is -0.493 e. The molecule has 0 bridgehead atoms. The molecule has 0 unspecified atom stereocenters. The summed E-state index contributed by atoms with van der Waals surface area (Å²) in [5.41, 5.74) is 2.12. The number of nitrogens with one attached hydrogen (secondary N) is 2. The van der Waals surface area contributed by atoms with E-state index in [1.165, 1.54) is 0 Å². The second-order valence-electron chi connectivity index (χ2n) is 8.21. The van der Waals surface area contributed by atoms with Crippen LogP contribution in [0.3, 0.4) is 0 Å². The summed E-state index contributed by atoms with van der Waals surface area (Å²) in [5.74, 6) is 1.59. The summed E-state index contributed by atoms with van der Waals surface area (Å²) in [6.07, 6.45) is 2.76. The Labute approximate surface area is 180 Å². The van der Waals surface area contributed by atoms with Crippen molar-refractivity contribution in [3.05, 3.63) is 23.3 Å². The quantitative estimate of drug-likeness (QED) is 0.640. The van der Waals surface area contributed by atoms with Crippen LogP contribution in [0.15, 0.2) is 12.1 Å². The van der Waals surface area contributed by atoms with Gasteiger partial charge in [-0.15, -0.1) is 0 Å². The van der Waals surface area contributed by atoms with Crippen molar-refractivity contribution < 1.29 is 19.1 Å². The molecule has 1 aromatic rings. The lowest BCUT2D eigenvalue weighted by atomic mass is 9.86. The molecule has 0 saturated carbocycles. The van der Waals surface area contributed by atoms with Gasteiger partial charge >= 0.3 is 6.03 Å². The zero-order valence-electron chi connectivity index (χ0n) is 19.2. The van der Waals surface area contributed by atoms with Gasteiger partial charge in [0.05, 0.1) is 26.3 Å². The molecule has 3 amide bonds. The van der Waals surface area contributed by atoms with Gasteiger partial charge in [-0.1, -0.05) is 27.7 Å². The van der Waals surface area contributed by atoms with Gasteiger partial charge in [-0.2, -0.15) is 0 Å². The van der Waals surface area contributed by atoms with Crippen LogP contribution in [0.25, 0.3) is 0 Å². The summed E-state index contributed by atoms with van der Waals surface area (Å²) in [5, 5.41) is 6.18. The van der Waals surface area contributed by atoms with Gasteiger partial charge in [0.2, 0.25) is 5.91 Å². The van der Waals surface area contributed by atoms with E-state index in [1.54, 1.807) is 14.2 Å². The number of fused-ring (bicyclic) bond motifs is 1. The van der Waals surface area contributed by atoms with E-state index in [1.807, 2.05) is 44.7 Å². The standard InChI is InChI=1S/C23H37N3O4/c1-7-10-24-23(28)26-11-9-16-13-19(29-5)20(30-6)14-17(16)22(26)18(8-2)25-21(27)12-15(3)4/h13-15,18,22H,7-12H2,1-6H3,(H,24,28)(H,25,27)/t18-,22-/m1/s1. The van der Waals surface area contributed by atoms with Gasteiger partial charge in [0.25, 0.3) is 0 Å². The molecular formula is C23H37N3O4. The smallest absolute Gasteiger partial charge is 0.317 e. The minimum atomic E-state index is -0.272. The van der Waals surface area contributed by atoms with E-state index in [9.17, 15) is 9.59 Å². The number of nitrogens with zero attached hydrogens (tertiary/aromatic N) is 1. The molecule has 0 saturated heterocycles. The van der Waals surface area contributed by atoms with Crippen LogP contribution in [-0.4, -0.2) is 50.2 Å². The normalized spacial score (nSPS) is 16.6. The summed E-state index contributed by atoms with van der Waals surface area (Å²) in [6.45, 7) is 9.33. The number of rotatable bonds is 9. The number of hydrogen-bond acceptors (Lipinski definition) is 4. The highest BCUT2D eigenvalue weighted by Crippen LogP contribution is 2.40. The van der Waals surface area contributed by atoms with E-state index < -0.39 is 0 Å². The largest absolute Gasteiger partial charge is 0.493 e. The molecule has 1 aliphatic rings. The molecule has 1 aromatic carbocycles. The molecule has 0 fully saturated rings. The number of benzene rings is 1. The van der Waals surface area contributed by atoms with E-state index in [4.69, 9.17) is 9.47 Å². The third kappa shape index (κ3) is 5.58. The van der Waals surface area contributed by atoms with Gasteiger partial charge in [-0.05, 0) is 48.4 Å². The van der Waals surface area contributed by atoms with Crippen molar-refractivity contribution in [3.8, 4) is 11.5 Å². The fourth-order valence-corrected chi connectivity index (χ4v) is 4.01. The molecule has 2 atom stereocenters. The van der Waals surface area contributed by atoms with Crippen molar-refractivity contribution >= 4 is 11.9 Å². The maximum atomic E-state index is 13.0. The van der Waals surface area contributed by atoms with Crippen LogP contribution < -0.4 is 20.1 Å². The van der Waals surface area contributed by atoms with E-state index in [0.717, 1.165) is 24.0 Å². The molecule has 7 heteroatoms. The zero-order valence-corrected chi connectivity index (χ0v) is 19.2. The van der Waals surface area contributed by atoms with Crippen LogP contribution in [0.1, 0.15) is 64.1 Å². The van der Waals surface area contributed by atoms with Crippen LogP contribution in [0.5, 0.6) is 11.5 Å². The van der Waals surface area contributed by atoms with Gasteiger partial charge in [0.15, 0.2) is 11.5 Å². The average Bonchev–Trinajstić information content (AvgIpc) is 2.73. The van der Waals surface area contributed by atoms with Crippen LogP contribution in [0.2, 0.25) is 0 Å².